The topological polar surface area (TPSA) is 118 Å². The number of likely N-dealkylation sites (tertiary alicyclic amines) is 1. The van der Waals surface area contributed by atoms with Crippen LogP contribution in [0.3, 0.4) is 0 Å². The highest BCUT2D eigenvalue weighted by Gasteiger charge is 2.21. The number of anilines is 3. The van der Waals surface area contributed by atoms with Gasteiger partial charge in [0.25, 0.3) is 17.7 Å². The number of carbonyl (C=O) groups is 3. The number of piperidine rings is 1. The second kappa shape index (κ2) is 23.0. The van der Waals surface area contributed by atoms with Crippen LogP contribution in [0.4, 0.5) is 17.1 Å². The first-order chi connectivity index (χ1) is 28.0. The van der Waals surface area contributed by atoms with Crippen LogP contribution < -0.4 is 21.3 Å². The van der Waals surface area contributed by atoms with Crippen LogP contribution in [0.25, 0.3) is 0 Å². The maximum absolute atomic E-state index is 12.2. The SMILES string of the molecule is C=C(C(=O)Nc1cc(Cl)c(C)c(Cl)c1)N1CCCCC1.C=C(C(=O)Nc1cc(Cl)c(C)c(Cl)c1)N1CCOCC1.C=C(C(=O)Nc1ccc(C)c(C)c1)N1CCNCC1. The number of amides is 3. The van der Waals surface area contributed by atoms with Gasteiger partial charge in [-0.05, 0) is 106 Å². The van der Waals surface area contributed by atoms with Crippen molar-refractivity contribution in [2.75, 3.05) is 81.5 Å². The van der Waals surface area contributed by atoms with Crippen molar-refractivity contribution in [2.45, 2.75) is 47.0 Å². The van der Waals surface area contributed by atoms with Crippen molar-refractivity contribution in [1.82, 2.24) is 20.0 Å². The van der Waals surface area contributed by atoms with Crippen LogP contribution in [0, 0.1) is 27.7 Å². The fourth-order valence-electron chi connectivity index (χ4n) is 6.23. The molecule has 3 aliphatic heterocycles. The Morgan fingerprint density at radius 3 is 1.36 bits per heavy atom. The van der Waals surface area contributed by atoms with Crippen molar-refractivity contribution in [1.29, 1.82) is 0 Å². The van der Waals surface area contributed by atoms with Crippen molar-refractivity contribution < 1.29 is 19.1 Å². The van der Waals surface area contributed by atoms with E-state index in [0.29, 0.717) is 74.9 Å². The average molecular weight is 888 g/mol. The van der Waals surface area contributed by atoms with E-state index in [2.05, 4.69) is 47.9 Å². The van der Waals surface area contributed by atoms with Crippen LogP contribution >= 0.6 is 46.4 Å². The molecular formula is C44H55Cl4N7O4. The summed E-state index contributed by atoms with van der Waals surface area (Å²) >= 11 is 24.2. The zero-order chi connectivity index (χ0) is 43.2. The molecule has 0 aliphatic carbocycles. The summed E-state index contributed by atoms with van der Waals surface area (Å²) in [4.78, 5) is 42.4. The van der Waals surface area contributed by atoms with Gasteiger partial charge in [-0.2, -0.15) is 0 Å². The summed E-state index contributed by atoms with van der Waals surface area (Å²) in [6.45, 7) is 27.2. The Morgan fingerprint density at radius 2 is 0.932 bits per heavy atom. The monoisotopic (exact) mass is 885 g/mol. The normalized spacial score (nSPS) is 15.1. The number of hydrogen-bond donors (Lipinski definition) is 4. The Hall–Kier alpha value is -4.23. The Labute approximate surface area is 368 Å². The summed E-state index contributed by atoms with van der Waals surface area (Å²) < 4.78 is 5.24. The van der Waals surface area contributed by atoms with Gasteiger partial charge in [-0.1, -0.05) is 72.2 Å². The molecule has 11 nitrogen and oxygen atoms in total. The minimum Gasteiger partial charge on any atom is -0.378 e. The fourth-order valence-corrected chi connectivity index (χ4v) is 7.20. The van der Waals surface area contributed by atoms with Gasteiger partial charge >= 0.3 is 0 Å². The molecule has 3 saturated heterocycles. The van der Waals surface area contributed by atoms with Crippen LogP contribution in [-0.4, -0.2) is 98.0 Å². The van der Waals surface area contributed by atoms with E-state index in [1.807, 2.05) is 53.7 Å². The third-order valence-electron chi connectivity index (χ3n) is 10.3. The second-order valence-corrected chi connectivity index (χ2v) is 16.1. The molecule has 0 radical (unpaired) electrons. The molecule has 3 fully saturated rings. The van der Waals surface area contributed by atoms with E-state index in [4.69, 9.17) is 51.1 Å². The molecule has 318 valence electrons. The predicted molar refractivity (Wildman–Crippen MR) is 244 cm³/mol. The first-order valence-corrected chi connectivity index (χ1v) is 21.1. The van der Waals surface area contributed by atoms with Crippen LogP contribution in [0.15, 0.2) is 79.3 Å². The Kier molecular flexibility index (Phi) is 18.5. The van der Waals surface area contributed by atoms with Gasteiger partial charge in [-0.3, -0.25) is 14.4 Å². The maximum atomic E-state index is 12.2. The van der Waals surface area contributed by atoms with Gasteiger partial charge in [-0.25, -0.2) is 0 Å². The van der Waals surface area contributed by atoms with E-state index in [9.17, 15) is 14.4 Å². The van der Waals surface area contributed by atoms with E-state index in [0.717, 1.165) is 68.9 Å². The lowest BCUT2D eigenvalue weighted by molar-refractivity contribution is -0.115. The van der Waals surface area contributed by atoms with Gasteiger partial charge in [0.15, 0.2) is 0 Å². The first-order valence-electron chi connectivity index (χ1n) is 19.6. The zero-order valence-corrected chi connectivity index (χ0v) is 37.4. The van der Waals surface area contributed by atoms with Crippen LogP contribution in [0.2, 0.25) is 20.1 Å². The lowest BCUT2D eigenvalue weighted by Crippen LogP contribution is -2.44. The molecule has 0 atom stereocenters. The Balaban J connectivity index is 0.000000196. The number of carbonyl (C=O) groups excluding carboxylic acids is 3. The summed E-state index contributed by atoms with van der Waals surface area (Å²) in [5.41, 5.74) is 7.42. The quantitative estimate of drug-likeness (QED) is 0.158. The summed E-state index contributed by atoms with van der Waals surface area (Å²) in [5, 5.41) is 13.8. The number of nitrogens with one attached hydrogen (secondary N) is 4. The number of aryl methyl sites for hydroxylation is 2. The Morgan fingerprint density at radius 1 is 0.542 bits per heavy atom. The lowest BCUT2D eigenvalue weighted by atomic mass is 10.1. The number of halogens is 4. The molecule has 0 aromatic heterocycles. The van der Waals surface area contributed by atoms with E-state index in [1.54, 1.807) is 24.3 Å². The third kappa shape index (κ3) is 14.2. The molecule has 15 heteroatoms. The van der Waals surface area contributed by atoms with E-state index in [1.165, 1.54) is 17.5 Å². The number of ether oxygens (including phenoxy) is 1. The summed E-state index contributed by atoms with van der Waals surface area (Å²) in [7, 11) is 0. The molecule has 3 aromatic carbocycles. The number of hydrogen-bond acceptors (Lipinski definition) is 8. The third-order valence-corrected chi connectivity index (χ3v) is 11.8. The molecule has 0 spiro atoms. The van der Waals surface area contributed by atoms with Crippen molar-refractivity contribution in [3.05, 3.63) is 122 Å². The summed E-state index contributed by atoms with van der Waals surface area (Å²) in [6, 6.07) is 12.7. The molecule has 6 rings (SSSR count). The van der Waals surface area contributed by atoms with Crippen molar-refractivity contribution >= 4 is 81.2 Å². The van der Waals surface area contributed by atoms with Crippen LogP contribution in [0.5, 0.6) is 0 Å². The number of benzene rings is 3. The first kappa shape index (κ1) is 47.4. The number of morpholine rings is 1. The molecule has 0 saturated carbocycles. The molecule has 3 aromatic rings. The molecule has 3 aliphatic rings. The molecule has 0 unspecified atom stereocenters. The highest BCUT2D eigenvalue weighted by atomic mass is 35.5. The van der Waals surface area contributed by atoms with Gasteiger partial charge in [0.05, 0.1) is 30.3 Å². The highest BCUT2D eigenvalue weighted by Crippen LogP contribution is 2.30. The van der Waals surface area contributed by atoms with Crippen molar-refractivity contribution in [3.63, 3.8) is 0 Å². The standard InChI is InChI=1S/C15H18Cl2N2O.C15H21N3O.C14H16Cl2N2O2/c1-10-13(16)8-12(9-14(10)17)18-15(20)11(2)19-6-4-3-5-7-19;1-11-4-5-14(10-12(11)2)17-15(19)13(3)18-8-6-16-7-9-18;1-9-12(15)7-11(8-13(9)16)17-14(19)10(2)18-3-5-20-6-4-18/h8-9H,2-7H2,1H3,(H,18,20);4-5,10,16H,3,6-9H2,1-2H3,(H,17,19);7-8H,2-6H2,1H3,(H,17,19). The summed E-state index contributed by atoms with van der Waals surface area (Å²) in [5.74, 6) is -0.587. The van der Waals surface area contributed by atoms with Gasteiger partial charge in [0.2, 0.25) is 0 Å². The van der Waals surface area contributed by atoms with Gasteiger partial charge in [-0.15, -0.1) is 0 Å². The molecule has 0 bridgehead atoms. The van der Waals surface area contributed by atoms with Crippen molar-refractivity contribution in [2.24, 2.45) is 0 Å². The molecule has 3 amide bonds. The van der Waals surface area contributed by atoms with E-state index < -0.39 is 0 Å². The van der Waals surface area contributed by atoms with E-state index in [-0.39, 0.29) is 17.7 Å². The van der Waals surface area contributed by atoms with Crippen molar-refractivity contribution in [3.8, 4) is 0 Å². The lowest BCUT2D eigenvalue weighted by Gasteiger charge is -2.30. The summed E-state index contributed by atoms with van der Waals surface area (Å²) in [6.07, 6.45) is 3.43. The molecular weight excluding hydrogens is 832 g/mol. The van der Waals surface area contributed by atoms with E-state index >= 15 is 0 Å². The minimum absolute atomic E-state index is 0.120. The van der Waals surface area contributed by atoms with Gasteiger partial charge < -0.3 is 40.7 Å². The highest BCUT2D eigenvalue weighted by molar-refractivity contribution is 6.37. The second-order valence-electron chi connectivity index (χ2n) is 14.5. The number of rotatable bonds is 9. The molecule has 59 heavy (non-hydrogen) atoms. The smallest absolute Gasteiger partial charge is 0.271 e. The number of piperazine rings is 1. The predicted octanol–water partition coefficient (Wildman–Crippen LogP) is 8.99. The Bertz CT molecular complexity index is 1880. The largest absolute Gasteiger partial charge is 0.378 e. The number of nitrogens with zero attached hydrogens (tertiary/aromatic N) is 3. The molecule has 4 N–H and O–H groups in total. The fraction of sp³-hybridized carbons (Fsp3) is 0.386. The van der Waals surface area contributed by atoms with Gasteiger partial charge in [0.1, 0.15) is 0 Å². The minimum atomic E-state index is -0.261. The molecule has 3 heterocycles. The zero-order valence-electron chi connectivity index (χ0n) is 34.3. The maximum Gasteiger partial charge on any atom is 0.271 e. The van der Waals surface area contributed by atoms with Gasteiger partial charge in [0, 0.05) is 89.5 Å². The van der Waals surface area contributed by atoms with Crippen LogP contribution in [-0.2, 0) is 19.1 Å². The average Bonchev–Trinajstić information content (AvgIpc) is 3.23. The van der Waals surface area contributed by atoms with Crippen LogP contribution in [0.1, 0.15) is 41.5 Å².